The van der Waals surface area contributed by atoms with Crippen LogP contribution in [0.5, 0.6) is 5.75 Å². The largest absolute Gasteiger partial charge is 0.497 e. The Morgan fingerprint density at radius 3 is 3.06 bits per heavy atom. The molecule has 1 aromatic rings. The second kappa shape index (κ2) is 5.14. The van der Waals surface area contributed by atoms with Crippen molar-refractivity contribution in [3.05, 3.63) is 23.8 Å². The summed E-state index contributed by atoms with van der Waals surface area (Å²) in [5, 5.41) is 0. The number of nitrogens with zero attached hydrogens (tertiary/aromatic N) is 1. The highest BCUT2D eigenvalue weighted by Gasteiger charge is 2.32. The molecule has 0 radical (unpaired) electrons. The Balaban J connectivity index is 1.84. The van der Waals surface area contributed by atoms with Crippen molar-refractivity contribution in [1.82, 2.24) is 4.90 Å². The molecule has 0 bridgehead atoms. The number of ether oxygens (including phenoxy) is 1. The average Bonchev–Trinajstić information content (AvgIpc) is 2.81. The molecule has 3 rings (SSSR count). The van der Waals surface area contributed by atoms with Gasteiger partial charge in [-0.1, -0.05) is 0 Å². The summed E-state index contributed by atoms with van der Waals surface area (Å²) in [7, 11) is 4.01. The predicted molar refractivity (Wildman–Crippen MR) is 76.7 cm³/mol. The van der Waals surface area contributed by atoms with Gasteiger partial charge in [-0.25, -0.2) is 0 Å². The van der Waals surface area contributed by atoms with E-state index in [0.29, 0.717) is 0 Å². The summed E-state index contributed by atoms with van der Waals surface area (Å²) in [6, 6.07) is 6.57. The fourth-order valence-electron chi connectivity index (χ4n) is 3.27. The number of benzene rings is 1. The molecule has 2 unspecified atom stereocenters. The minimum Gasteiger partial charge on any atom is -0.497 e. The minimum absolute atomic E-state index is 0.725. The van der Waals surface area contributed by atoms with Crippen molar-refractivity contribution in [3.8, 4) is 5.75 Å². The molecule has 18 heavy (non-hydrogen) atoms. The van der Waals surface area contributed by atoms with Crippen molar-refractivity contribution < 1.29 is 4.74 Å². The molecular formula is C15H21NOS. The van der Waals surface area contributed by atoms with Crippen LogP contribution in [0.2, 0.25) is 0 Å². The summed E-state index contributed by atoms with van der Waals surface area (Å²) in [6.45, 7) is 2.52. The van der Waals surface area contributed by atoms with E-state index in [1.807, 2.05) is 11.8 Å². The molecule has 1 aromatic carbocycles. The van der Waals surface area contributed by atoms with Crippen molar-refractivity contribution in [3.63, 3.8) is 0 Å². The van der Waals surface area contributed by atoms with Crippen LogP contribution in [0.3, 0.4) is 0 Å². The van der Waals surface area contributed by atoms with Gasteiger partial charge in [0, 0.05) is 17.2 Å². The van der Waals surface area contributed by atoms with Gasteiger partial charge in [0.1, 0.15) is 5.75 Å². The van der Waals surface area contributed by atoms with Crippen LogP contribution in [-0.2, 0) is 0 Å². The van der Waals surface area contributed by atoms with Crippen LogP contribution in [0, 0.1) is 5.92 Å². The summed E-state index contributed by atoms with van der Waals surface area (Å²) in [5.41, 5.74) is 1.53. The van der Waals surface area contributed by atoms with Gasteiger partial charge in [-0.3, -0.25) is 0 Å². The fourth-order valence-corrected chi connectivity index (χ4v) is 4.62. The molecule has 0 spiro atoms. The summed E-state index contributed by atoms with van der Waals surface area (Å²) in [4.78, 5) is 3.95. The highest BCUT2D eigenvalue weighted by atomic mass is 32.2. The van der Waals surface area contributed by atoms with E-state index in [1.165, 1.54) is 42.1 Å². The van der Waals surface area contributed by atoms with Crippen LogP contribution >= 0.6 is 11.8 Å². The van der Waals surface area contributed by atoms with Gasteiger partial charge in [-0.05, 0) is 62.0 Å². The molecule has 2 nitrogen and oxygen atoms in total. The third-order valence-electron chi connectivity index (χ3n) is 4.26. The Morgan fingerprint density at radius 1 is 1.39 bits per heavy atom. The zero-order chi connectivity index (χ0) is 12.5. The smallest absolute Gasteiger partial charge is 0.119 e. The maximum Gasteiger partial charge on any atom is 0.119 e. The Hall–Kier alpha value is -0.670. The molecule has 98 valence electrons. The zero-order valence-corrected chi connectivity index (χ0v) is 12.0. The quantitative estimate of drug-likeness (QED) is 0.813. The molecule has 0 aliphatic carbocycles. The molecular weight excluding hydrogens is 242 g/mol. The predicted octanol–water partition coefficient (Wildman–Crippen LogP) is 3.23. The van der Waals surface area contributed by atoms with E-state index >= 15 is 0 Å². The Morgan fingerprint density at radius 2 is 2.28 bits per heavy atom. The van der Waals surface area contributed by atoms with Crippen LogP contribution in [0.1, 0.15) is 24.3 Å². The van der Waals surface area contributed by atoms with Crippen LogP contribution < -0.4 is 4.74 Å². The van der Waals surface area contributed by atoms with Gasteiger partial charge < -0.3 is 9.64 Å². The molecule has 0 amide bonds. The first kappa shape index (κ1) is 12.4. The lowest BCUT2D eigenvalue weighted by atomic mass is 9.82. The van der Waals surface area contributed by atoms with Crippen LogP contribution in [0.4, 0.5) is 0 Å². The highest BCUT2D eigenvalue weighted by Crippen LogP contribution is 2.46. The molecule has 3 heteroatoms. The number of hydrogen-bond donors (Lipinski definition) is 0. The van der Waals surface area contributed by atoms with Crippen molar-refractivity contribution >= 4 is 11.8 Å². The maximum absolute atomic E-state index is 5.38. The Bertz CT molecular complexity index is 435. The zero-order valence-electron chi connectivity index (χ0n) is 11.2. The molecule has 1 saturated heterocycles. The SMILES string of the molecule is COc1ccc2c(c1)C(C1CCCN(C)C1)CS2. The van der Waals surface area contributed by atoms with Crippen molar-refractivity contribution in [2.45, 2.75) is 23.7 Å². The van der Waals surface area contributed by atoms with E-state index in [2.05, 4.69) is 30.1 Å². The number of rotatable bonds is 2. The van der Waals surface area contributed by atoms with Crippen LogP contribution in [0.25, 0.3) is 0 Å². The van der Waals surface area contributed by atoms with Gasteiger partial charge in [-0.15, -0.1) is 11.8 Å². The van der Waals surface area contributed by atoms with Gasteiger partial charge in [-0.2, -0.15) is 0 Å². The van der Waals surface area contributed by atoms with E-state index in [4.69, 9.17) is 4.74 Å². The van der Waals surface area contributed by atoms with E-state index in [9.17, 15) is 0 Å². The molecule has 2 aliphatic heterocycles. The van der Waals surface area contributed by atoms with Crippen molar-refractivity contribution in [1.29, 1.82) is 0 Å². The first-order valence-corrected chi connectivity index (χ1v) is 7.76. The summed E-state index contributed by atoms with van der Waals surface area (Å²) in [6.07, 6.45) is 2.73. The third-order valence-corrected chi connectivity index (χ3v) is 5.47. The van der Waals surface area contributed by atoms with Crippen molar-refractivity contribution in [2.75, 3.05) is 33.0 Å². The lowest BCUT2D eigenvalue weighted by molar-refractivity contribution is 0.193. The summed E-state index contributed by atoms with van der Waals surface area (Å²) in [5.74, 6) is 3.80. The maximum atomic E-state index is 5.38. The number of hydrogen-bond acceptors (Lipinski definition) is 3. The van der Waals surface area contributed by atoms with E-state index in [1.54, 1.807) is 7.11 Å². The molecule has 2 aliphatic rings. The summed E-state index contributed by atoms with van der Waals surface area (Å²) < 4.78 is 5.38. The Kier molecular flexibility index (Phi) is 3.53. The second-order valence-electron chi connectivity index (χ2n) is 5.49. The van der Waals surface area contributed by atoms with Gasteiger partial charge in [0.05, 0.1) is 7.11 Å². The van der Waals surface area contributed by atoms with Gasteiger partial charge in [0.15, 0.2) is 0 Å². The van der Waals surface area contributed by atoms with E-state index in [0.717, 1.165) is 17.6 Å². The normalized spacial score (nSPS) is 28.1. The van der Waals surface area contributed by atoms with Crippen LogP contribution in [0.15, 0.2) is 23.1 Å². The van der Waals surface area contributed by atoms with E-state index in [-0.39, 0.29) is 0 Å². The lowest BCUT2D eigenvalue weighted by Gasteiger charge is -2.33. The first-order valence-electron chi connectivity index (χ1n) is 6.77. The molecule has 1 fully saturated rings. The van der Waals surface area contributed by atoms with Gasteiger partial charge in [0.25, 0.3) is 0 Å². The lowest BCUT2D eigenvalue weighted by Crippen LogP contribution is -2.35. The molecule has 0 aromatic heterocycles. The number of methoxy groups -OCH3 is 1. The molecule has 2 atom stereocenters. The Labute approximate surface area is 114 Å². The summed E-state index contributed by atoms with van der Waals surface area (Å²) >= 11 is 2.02. The second-order valence-corrected chi connectivity index (χ2v) is 6.55. The molecule has 0 saturated carbocycles. The fraction of sp³-hybridized carbons (Fsp3) is 0.600. The van der Waals surface area contributed by atoms with Gasteiger partial charge >= 0.3 is 0 Å². The average molecular weight is 263 g/mol. The highest BCUT2D eigenvalue weighted by molar-refractivity contribution is 7.99. The van der Waals surface area contributed by atoms with Crippen molar-refractivity contribution in [2.24, 2.45) is 5.92 Å². The monoisotopic (exact) mass is 263 g/mol. The van der Waals surface area contributed by atoms with Gasteiger partial charge in [0.2, 0.25) is 0 Å². The number of likely N-dealkylation sites (tertiary alicyclic amines) is 1. The molecule has 2 heterocycles. The first-order chi connectivity index (χ1) is 8.78. The van der Waals surface area contributed by atoms with E-state index < -0.39 is 0 Å². The topological polar surface area (TPSA) is 12.5 Å². The number of fused-ring (bicyclic) bond motifs is 1. The van der Waals surface area contributed by atoms with Crippen LogP contribution in [-0.4, -0.2) is 37.9 Å². The third kappa shape index (κ3) is 2.26. The molecule has 0 N–H and O–H groups in total. The minimum atomic E-state index is 0.725. The number of thioether (sulfide) groups is 1. The number of piperidine rings is 1. The standard InChI is InChI=1S/C15H21NOS/c1-16-7-3-4-11(9-16)14-10-18-15-6-5-12(17-2)8-13(14)15/h5-6,8,11,14H,3-4,7,9-10H2,1-2H3.